The third-order valence-electron chi connectivity index (χ3n) is 2.69. The van der Waals surface area contributed by atoms with Gasteiger partial charge >= 0.3 is 0 Å². The molecule has 5 heteroatoms. The SMILES string of the molecule is C=C(N)c1cc(=C2C=CC(=NCC)NN2)cnc1=C. The summed E-state index contributed by atoms with van der Waals surface area (Å²) in [5, 5.41) is 1.53. The third-order valence-corrected chi connectivity index (χ3v) is 2.69. The van der Waals surface area contributed by atoms with E-state index >= 15 is 0 Å². The molecule has 0 aromatic carbocycles. The van der Waals surface area contributed by atoms with E-state index in [4.69, 9.17) is 5.73 Å². The van der Waals surface area contributed by atoms with Crippen LogP contribution in [-0.4, -0.2) is 17.4 Å². The van der Waals surface area contributed by atoms with Crippen molar-refractivity contribution in [1.82, 2.24) is 15.8 Å². The highest BCUT2D eigenvalue weighted by Gasteiger charge is 2.04. The molecule has 1 aliphatic heterocycles. The van der Waals surface area contributed by atoms with Crippen molar-refractivity contribution in [2.24, 2.45) is 10.7 Å². The topological polar surface area (TPSA) is 75.3 Å². The highest BCUT2D eigenvalue weighted by molar-refractivity contribution is 5.96. The summed E-state index contributed by atoms with van der Waals surface area (Å²) >= 11 is 0. The molecule has 0 radical (unpaired) electrons. The Morgan fingerprint density at radius 3 is 2.79 bits per heavy atom. The van der Waals surface area contributed by atoms with Crippen molar-refractivity contribution in [1.29, 1.82) is 0 Å². The lowest BCUT2D eigenvalue weighted by molar-refractivity contribution is 0.824. The summed E-state index contributed by atoms with van der Waals surface area (Å²) in [6, 6.07) is 1.91. The van der Waals surface area contributed by atoms with Crippen LogP contribution in [0.1, 0.15) is 12.5 Å². The van der Waals surface area contributed by atoms with E-state index in [0.717, 1.165) is 28.9 Å². The molecule has 0 atom stereocenters. The monoisotopic (exact) mass is 255 g/mol. The van der Waals surface area contributed by atoms with Crippen molar-refractivity contribution in [2.75, 3.05) is 6.54 Å². The molecule has 0 unspecified atom stereocenters. The Morgan fingerprint density at radius 2 is 2.21 bits per heavy atom. The molecule has 1 aromatic rings. The molecule has 4 N–H and O–H groups in total. The highest BCUT2D eigenvalue weighted by Crippen LogP contribution is 1.99. The summed E-state index contributed by atoms with van der Waals surface area (Å²) < 4.78 is 0. The number of aliphatic imine (C=N–C) groups is 1. The van der Waals surface area contributed by atoms with Gasteiger partial charge in [0, 0.05) is 29.2 Å². The van der Waals surface area contributed by atoms with Crippen LogP contribution in [0.2, 0.25) is 0 Å². The second-order valence-corrected chi connectivity index (χ2v) is 4.10. The molecular formula is C14H17N5. The van der Waals surface area contributed by atoms with Gasteiger partial charge in [-0.3, -0.25) is 20.8 Å². The molecule has 1 aliphatic rings. The van der Waals surface area contributed by atoms with Crippen LogP contribution in [0.5, 0.6) is 0 Å². The van der Waals surface area contributed by atoms with Crippen molar-refractivity contribution < 1.29 is 0 Å². The Hall–Kier alpha value is -2.56. The molecule has 19 heavy (non-hydrogen) atoms. The Kier molecular flexibility index (Phi) is 3.66. The van der Waals surface area contributed by atoms with E-state index in [1.54, 1.807) is 6.20 Å². The number of amidine groups is 1. The predicted octanol–water partition coefficient (Wildman–Crippen LogP) is -0.388. The van der Waals surface area contributed by atoms with E-state index in [-0.39, 0.29) is 0 Å². The van der Waals surface area contributed by atoms with Gasteiger partial charge in [-0.25, -0.2) is 0 Å². The standard InChI is InChI=1S/C14H17N5/c1-4-16-14-6-5-13(18-19-14)11-7-12(9(2)15)10(3)17-8-11/h5-8,18H,2-4,15H2,1H3,(H,16,19). The third kappa shape index (κ3) is 2.82. The number of nitrogens with zero attached hydrogens (tertiary/aromatic N) is 2. The van der Waals surface area contributed by atoms with Crippen molar-refractivity contribution in [3.63, 3.8) is 0 Å². The van der Waals surface area contributed by atoms with Gasteiger partial charge in [0.1, 0.15) is 5.84 Å². The van der Waals surface area contributed by atoms with Gasteiger partial charge in [-0.1, -0.05) is 13.2 Å². The molecular weight excluding hydrogens is 238 g/mol. The van der Waals surface area contributed by atoms with Gasteiger partial charge in [0.25, 0.3) is 0 Å². The molecule has 0 fully saturated rings. The Balaban J connectivity index is 2.48. The summed E-state index contributed by atoms with van der Waals surface area (Å²) in [6.07, 6.45) is 5.59. The number of nitrogens with one attached hydrogen (secondary N) is 2. The van der Waals surface area contributed by atoms with Crippen molar-refractivity contribution in [3.8, 4) is 0 Å². The summed E-state index contributed by atoms with van der Waals surface area (Å²) in [5.41, 5.74) is 13.9. The fourth-order valence-corrected chi connectivity index (χ4v) is 1.73. The first-order chi connectivity index (χ1) is 9.11. The minimum absolute atomic E-state index is 0.459. The van der Waals surface area contributed by atoms with E-state index in [2.05, 4.69) is 34.0 Å². The number of rotatable bonds is 2. The van der Waals surface area contributed by atoms with Crippen LogP contribution in [0.15, 0.2) is 36.0 Å². The lowest BCUT2D eigenvalue weighted by Crippen LogP contribution is -2.40. The van der Waals surface area contributed by atoms with E-state index in [0.29, 0.717) is 11.0 Å². The van der Waals surface area contributed by atoms with Gasteiger partial charge in [0.05, 0.1) is 11.0 Å². The average molecular weight is 255 g/mol. The van der Waals surface area contributed by atoms with Crippen LogP contribution in [0.4, 0.5) is 0 Å². The first kappa shape index (κ1) is 12.9. The van der Waals surface area contributed by atoms with E-state index in [9.17, 15) is 0 Å². The predicted molar refractivity (Wildman–Crippen MR) is 79.0 cm³/mol. The van der Waals surface area contributed by atoms with Crippen LogP contribution < -0.4 is 27.2 Å². The minimum atomic E-state index is 0.459. The number of hydrazine groups is 1. The van der Waals surface area contributed by atoms with Crippen LogP contribution in [-0.2, 0) is 0 Å². The van der Waals surface area contributed by atoms with Gasteiger partial charge in [0.2, 0.25) is 0 Å². The molecule has 0 spiro atoms. The van der Waals surface area contributed by atoms with Gasteiger partial charge in [-0.15, -0.1) is 0 Å². The molecule has 5 nitrogen and oxygen atoms in total. The van der Waals surface area contributed by atoms with E-state index in [1.165, 1.54) is 0 Å². The average Bonchev–Trinajstić information content (AvgIpc) is 2.40. The zero-order valence-electron chi connectivity index (χ0n) is 10.9. The number of nitrogens with two attached hydrogens (primary N) is 1. The quantitative estimate of drug-likeness (QED) is 0.673. The molecule has 0 saturated heterocycles. The number of pyridine rings is 1. The molecule has 0 bridgehead atoms. The lowest BCUT2D eigenvalue weighted by Gasteiger charge is -2.15. The van der Waals surface area contributed by atoms with Crippen molar-refractivity contribution >= 4 is 23.8 Å². The zero-order valence-corrected chi connectivity index (χ0v) is 10.9. The van der Waals surface area contributed by atoms with Crippen LogP contribution in [0.25, 0.3) is 18.0 Å². The van der Waals surface area contributed by atoms with Gasteiger partial charge in [0.15, 0.2) is 0 Å². The lowest BCUT2D eigenvalue weighted by atomic mass is 10.1. The number of aromatic nitrogens is 1. The smallest absolute Gasteiger partial charge is 0.139 e. The molecule has 2 heterocycles. The largest absolute Gasteiger partial charge is 0.399 e. The maximum absolute atomic E-state index is 5.72. The van der Waals surface area contributed by atoms with Crippen LogP contribution in [0.3, 0.4) is 0 Å². The molecule has 98 valence electrons. The molecule has 1 aromatic heterocycles. The van der Waals surface area contributed by atoms with Crippen molar-refractivity contribution in [2.45, 2.75) is 6.92 Å². The molecule has 0 aliphatic carbocycles. The maximum atomic E-state index is 5.72. The first-order valence-electron chi connectivity index (χ1n) is 6.00. The van der Waals surface area contributed by atoms with Gasteiger partial charge in [-0.05, 0) is 25.1 Å². The van der Waals surface area contributed by atoms with E-state index in [1.807, 2.05) is 25.1 Å². The van der Waals surface area contributed by atoms with Crippen LogP contribution >= 0.6 is 0 Å². The summed E-state index contributed by atoms with van der Waals surface area (Å²) in [5.74, 6) is 0.802. The molecule has 2 rings (SSSR count). The summed E-state index contributed by atoms with van der Waals surface area (Å²) in [4.78, 5) is 8.48. The normalized spacial score (nSPS) is 18.9. The highest BCUT2D eigenvalue weighted by atomic mass is 15.4. The van der Waals surface area contributed by atoms with Gasteiger partial charge < -0.3 is 5.73 Å². The number of hydrogen-bond donors (Lipinski definition) is 3. The maximum Gasteiger partial charge on any atom is 0.139 e. The fraction of sp³-hybridized carbons (Fsp3) is 0.143. The second kappa shape index (κ2) is 5.39. The van der Waals surface area contributed by atoms with Gasteiger partial charge in [-0.2, -0.15) is 0 Å². The fourth-order valence-electron chi connectivity index (χ4n) is 1.73. The van der Waals surface area contributed by atoms with Crippen molar-refractivity contribution in [3.05, 3.63) is 47.1 Å². The van der Waals surface area contributed by atoms with E-state index < -0.39 is 0 Å². The Bertz CT molecular complexity index is 670. The van der Waals surface area contributed by atoms with Crippen LogP contribution in [0, 0.1) is 0 Å². The minimum Gasteiger partial charge on any atom is -0.399 e. The Labute approximate surface area is 111 Å². The summed E-state index contributed by atoms with van der Waals surface area (Å²) in [6.45, 7) is 10.3. The Morgan fingerprint density at radius 1 is 1.42 bits per heavy atom. The second-order valence-electron chi connectivity index (χ2n) is 4.10. The first-order valence-corrected chi connectivity index (χ1v) is 6.00. The number of hydrogen-bond acceptors (Lipinski definition) is 4. The molecule has 0 amide bonds. The molecule has 0 saturated carbocycles. The zero-order chi connectivity index (χ0) is 13.8. The summed E-state index contributed by atoms with van der Waals surface area (Å²) in [7, 11) is 0.